The monoisotopic (exact) mass is 314 g/mol. The largest absolute Gasteiger partial charge is 0.122 e. The highest BCUT2D eigenvalue weighted by atomic mass is 79.9. The molecule has 0 heterocycles. The van der Waals surface area contributed by atoms with Gasteiger partial charge in [-0.1, -0.05) is 54.2 Å². The number of hydrogen-bond acceptors (Lipinski definition) is 0. The molecule has 1 aliphatic carbocycles. The summed E-state index contributed by atoms with van der Waals surface area (Å²) in [5.41, 5.74) is 1.69. The van der Waals surface area contributed by atoms with Crippen LogP contribution in [0.1, 0.15) is 44.6 Å². The van der Waals surface area contributed by atoms with Crippen molar-refractivity contribution in [1.82, 2.24) is 0 Å². The summed E-state index contributed by atoms with van der Waals surface area (Å²) in [4.78, 5) is 0. The fourth-order valence-electron chi connectivity index (χ4n) is 2.75. The molecule has 0 spiro atoms. The molecule has 2 heteroatoms. The maximum absolute atomic E-state index is 6.66. The first kappa shape index (κ1) is 13.4. The van der Waals surface area contributed by atoms with Crippen molar-refractivity contribution in [3.63, 3.8) is 0 Å². The molecular formula is C15H20BrCl. The van der Waals surface area contributed by atoms with E-state index in [0.717, 1.165) is 10.9 Å². The third-order valence-corrected chi connectivity index (χ3v) is 5.29. The Balaban J connectivity index is 2.00. The summed E-state index contributed by atoms with van der Waals surface area (Å²) in [6, 6.07) is 8.54. The van der Waals surface area contributed by atoms with Crippen LogP contribution in [0.25, 0.3) is 0 Å². The normalized spacial score (nSPS) is 21.1. The fourth-order valence-corrected chi connectivity index (χ4v) is 3.41. The molecule has 0 aliphatic heterocycles. The average molecular weight is 316 g/mol. The highest BCUT2D eigenvalue weighted by Gasteiger charge is 2.34. The maximum Gasteiger partial charge on any atom is 0.0430 e. The summed E-state index contributed by atoms with van der Waals surface area (Å²) in [6.07, 6.45) is 7.65. The van der Waals surface area contributed by atoms with Crippen LogP contribution in [0.2, 0.25) is 0 Å². The molecule has 1 saturated carbocycles. The zero-order chi connectivity index (χ0) is 12.3. The van der Waals surface area contributed by atoms with E-state index >= 15 is 0 Å². The molecule has 0 saturated heterocycles. The lowest BCUT2D eigenvalue weighted by atomic mass is 9.72. The predicted molar refractivity (Wildman–Crippen MR) is 78.7 cm³/mol. The highest BCUT2D eigenvalue weighted by Crippen LogP contribution is 2.42. The molecule has 94 valence electrons. The van der Waals surface area contributed by atoms with Crippen LogP contribution in [0, 0.1) is 5.41 Å². The SMILES string of the molecule is CC1(C(Cl)Cc2ccc(Br)cc2)CCCCC1. The smallest absolute Gasteiger partial charge is 0.0430 e. The molecule has 2 rings (SSSR count). The van der Waals surface area contributed by atoms with Crippen LogP contribution < -0.4 is 0 Å². The van der Waals surface area contributed by atoms with Crippen molar-refractivity contribution in [3.8, 4) is 0 Å². The zero-order valence-electron chi connectivity index (χ0n) is 10.4. The second-order valence-electron chi connectivity index (χ2n) is 5.51. The summed E-state index contributed by atoms with van der Waals surface area (Å²) in [5, 5.41) is 0.268. The Kier molecular flexibility index (Phi) is 4.54. The molecule has 1 unspecified atom stereocenters. The first-order chi connectivity index (χ1) is 8.10. The molecule has 0 N–H and O–H groups in total. The first-order valence-electron chi connectivity index (χ1n) is 6.49. The number of alkyl halides is 1. The molecule has 0 amide bonds. The van der Waals surface area contributed by atoms with Gasteiger partial charge in [-0.2, -0.15) is 0 Å². The Bertz CT molecular complexity index is 352. The second kappa shape index (κ2) is 5.75. The number of rotatable bonds is 3. The van der Waals surface area contributed by atoms with Gasteiger partial charge in [-0.15, -0.1) is 11.6 Å². The molecular weight excluding hydrogens is 296 g/mol. The van der Waals surface area contributed by atoms with Crippen LogP contribution in [0.15, 0.2) is 28.7 Å². The van der Waals surface area contributed by atoms with Crippen LogP contribution in [-0.2, 0) is 6.42 Å². The van der Waals surface area contributed by atoms with Gasteiger partial charge in [0.2, 0.25) is 0 Å². The third kappa shape index (κ3) is 3.48. The molecule has 1 fully saturated rings. The number of benzene rings is 1. The van der Waals surface area contributed by atoms with Gasteiger partial charge >= 0.3 is 0 Å². The number of halogens is 2. The van der Waals surface area contributed by atoms with Gasteiger partial charge in [0.15, 0.2) is 0 Å². The fraction of sp³-hybridized carbons (Fsp3) is 0.600. The van der Waals surface area contributed by atoms with Crippen molar-refractivity contribution in [2.24, 2.45) is 5.41 Å². The summed E-state index contributed by atoms with van der Waals surface area (Å²) < 4.78 is 1.14. The molecule has 1 aromatic carbocycles. The molecule has 1 aliphatic rings. The quantitative estimate of drug-likeness (QED) is 0.640. The van der Waals surface area contributed by atoms with E-state index in [2.05, 4.69) is 47.1 Å². The lowest BCUT2D eigenvalue weighted by molar-refractivity contribution is 0.205. The molecule has 0 nitrogen and oxygen atoms in total. The van der Waals surface area contributed by atoms with Crippen molar-refractivity contribution in [3.05, 3.63) is 34.3 Å². The predicted octanol–water partition coefficient (Wildman–Crippen LogP) is 5.57. The van der Waals surface area contributed by atoms with Gasteiger partial charge in [0.1, 0.15) is 0 Å². The van der Waals surface area contributed by atoms with Crippen LogP contribution in [0.3, 0.4) is 0 Å². The van der Waals surface area contributed by atoms with E-state index in [-0.39, 0.29) is 5.38 Å². The van der Waals surface area contributed by atoms with Crippen molar-refractivity contribution in [2.45, 2.75) is 50.8 Å². The molecule has 0 bridgehead atoms. The molecule has 0 radical (unpaired) electrons. The Morgan fingerprint density at radius 1 is 1.18 bits per heavy atom. The van der Waals surface area contributed by atoms with Crippen LogP contribution in [0.4, 0.5) is 0 Å². The number of hydrogen-bond donors (Lipinski definition) is 0. The standard InChI is InChI=1S/C15H20BrCl/c1-15(9-3-2-4-10-15)14(17)11-12-5-7-13(16)8-6-12/h5-8,14H,2-4,9-11H2,1H3. The average Bonchev–Trinajstić information content (AvgIpc) is 2.33. The van der Waals surface area contributed by atoms with E-state index in [4.69, 9.17) is 11.6 Å². The van der Waals surface area contributed by atoms with Gasteiger partial charge in [0, 0.05) is 9.85 Å². The van der Waals surface area contributed by atoms with E-state index in [1.165, 1.54) is 37.7 Å². The Morgan fingerprint density at radius 3 is 2.35 bits per heavy atom. The van der Waals surface area contributed by atoms with Gasteiger partial charge in [-0.05, 0) is 42.4 Å². The minimum Gasteiger partial charge on any atom is -0.122 e. The van der Waals surface area contributed by atoms with Crippen molar-refractivity contribution in [1.29, 1.82) is 0 Å². The van der Waals surface area contributed by atoms with Gasteiger partial charge < -0.3 is 0 Å². The summed E-state index contributed by atoms with van der Waals surface area (Å²) in [6.45, 7) is 2.36. The Hall–Kier alpha value is -0.0100. The van der Waals surface area contributed by atoms with E-state index in [9.17, 15) is 0 Å². The maximum atomic E-state index is 6.66. The molecule has 0 aromatic heterocycles. The second-order valence-corrected chi connectivity index (χ2v) is 6.96. The topological polar surface area (TPSA) is 0 Å². The first-order valence-corrected chi connectivity index (χ1v) is 7.72. The Morgan fingerprint density at radius 2 is 1.76 bits per heavy atom. The van der Waals surface area contributed by atoms with E-state index in [1.54, 1.807) is 0 Å². The van der Waals surface area contributed by atoms with Crippen LogP contribution in [0.5, 0.6) is 0 Å². The zero-order valence-corrected chi connectivity index (χ0v) is 12.7. The minimum absolute atomic E-state index is 0.268. The van der Waals surface area contributed by atoms with E-state index in [1.807, 2.05) is 0 Å². The summed E-state index contributed by atoms with van der Waals surface area (Å²) in [5.74, 6) is 0. The van der Waals surface area contributed by atoms with Gasteiger partial charge in [0.25, 0.3) is 0 Å². The van der Waals surface area contributed by atoms with Crippen LogP contribution >= 0.6 is 27.5 Å². The summed E-state index contributed by atoms with van der Waals surface area (Å²) in [7, 11) is 0. The molecule has 1 aromatic rings. The van der Waals surface area contributed by atoms with Gasteiger partial charge in [0.05, 0.1) is 0 Å². The summed E-state index contributed by atoms with van der Waals surface area (Å²) >= 11 is 10.1. The third-order valence-electron chi connectivity index (χ3n) is 4.08. The van der Waals surface area contributed by atoms with Crippen molar-refractivity contribution < 1.29 is 0 Å². The van der Waals surface area contributed by atoms with E-state index < -0.39 is 0 Å². The van der Waals surface area contributed by atoms with Gasteiger partial charge in [-0.3, -0.25) is 0 Å². The van der Waals surface area contributed by atoms with Gasteiger partial charge in [-0.25, -0.2) is 0 Å². The molecule has 17 heavy (non-hydrogen) atoms. The lowest BCUT2D eigenvalue weighted by Gasteiger charge is -2.37. The highest BCUT2D eigenvalue weighted by molar-refractivity contribution is 9.10. The van der Waals surface area contributed by atoms with E-state index in [0.29, 0.717) is 5.41 Å². The lowest BCUT2D eigenvalue weighted by Crippen LogP contribution is -2.32. The minimum atomic E-state index is 0.268. The van der Waals surface area contributed by atoms with Crippen molar-refractivity contribution >= 4 is 27.5 Å². The van der Waals surface area contributed by atoms with Crippen LogP contribution in [-0.4, -0.2) is 5.38 Å². The molecule has 1 atom stereocenters. The van der Waals surface area contributed by atoms with Crippen molar-refractivity contribution in [2.75, 3.05) is 0 Å². The Labute approximate surface area is 118 Å².